The number of H-pyrrole nitrogens is 1. The normalized spacial score (nSPS) is 17.4. The Labute approximate surface area is 244 Å². The summed E-state index contributed by atoms with van der Waals surface area (Å²) in [6.45, 7) is 6.01. The first-order chi connectivity index (χ1) is 20.3. The van der Waals surface area contributed by atoms with Gasteiger partial charge in [-0.05, 0) is 80.8 Å². The molecule has 4 aromatic rings. The lowest BCUT2D eigenvalue weighted by molar-refractivity contribution is -0.131. The average Bonchev–Trinajstić information content (AvgIpc) is 3.47. The number of fused-ring (bicyclic) bond motifs is 1. The lowest BCUT2D eigenvalue weighted by Crippen LogP contribution is -2.50. The summed E-state index contributed by atoms with van der Waals surface area (Å²) in [6, 6.07) is 12.7. The number of benzene rings is 2. The Kier molecular flexibility index (Phi) is 7.35. The van der Waals surface area contributed by atoms with Crippen LogP contribution in [0.4, 0.5) is 10.1 Å². The van der Waals surface area contributed by atoms with Crippen molar-refractivity contribution in [3.05, 3.63) is 83.1 Å². The van der Waals surface area contributed by atoms with E-state index in [0.29, 0.717) is 12.1 Å². The second-order valence-corrected chi connectivity index (χ2v) is 11.5. The molecule has 2 aliphatic rings. The van der Waals surface area contributed by atoms with Gasteiger partial charge in [0.1, 0.15) is 6.04 Å². The zero-order chi connectivity index (χ0) is 29.4. The van der Waals surface area contributed by atoms with E-state index in [2.05, 4.69) is 38.8 Å². The SMILES string of the molecule is CCCc1cncc(-c2ccc3c(c2)[C@H](C(NC(=O)C2(F)CC2)C(=O)Nc2ccc(-c4c(C)n[nH]c4C)cc2)CC3)n1. The number of aryl methyl sites for hydroxylation is 4. The molecule has 3 N–H and O–H groups in total. The molecule has 2 heterocycles. The van der Waals surface area contributed by atoms with Gasteiger partial charge < -0.3 is 10.6 Å². The first-order valence-electron chi connectivity index (χ1n) is 14.6. The minimum atomic E-state index is -1.89. The van der Waals surface area contributed by atoms with Gasteiger partial charge in [0.25, 0.3) is 5.91 Å². The van der Waals surface area contributed by atoms with E-state index in [9.17, 15) is 14.0 Å². The van der Waals surface area contributed by atoms with E-state index in [4.69, 9.17) is 4.98 Å². The fourth-order valence-electron chi connectivity index (χ4n) is 5.93. The first kappa shape index (κ1) is 27.8. The highest BCUT2D eigenvalue weighted by Gasteiger charge is 2.52. The van der Waals surface area contributed by atoms with Crippen LogP contribution in [0.1, 0.15) is 66.7 Å². The number of aromatic amines is 1. The van der Waals surface area contributed by atoms with Crippen LogP contribution in [0.2, 0.25) is 0 Å². The van der Waals surface area contributed by atoms with E-state index in [0.717, 1.165) is 69.9 Å². The van der Waals surface area contributed by atoms with Crippen LogP contribution < -0.4 is 10.6 Å². The van der Waals surface area contributed by atoms with Gasteiger partial charge in [0.2, 0.25) is 5.91 Å². The van der Waals surface area contributed by atoms with Crippen LogP contribution in [-0.4, -0.2) is 43.7 Å². The Morgan fingerprint density at radius 1 is 1.10 bits per heavy atom. The molecule has 0 saturated heterocycles. The summed E-state index contributed by atoms with van der Waals surface area (Å²) in [7, 11) is 0. The smallest absolute Gasteiger partial charge is 0.258 e. The lowest BCUT2D eigenvalue weighted by atomic mass is 9.90. The van der Waals surface area contributed by atoms with Crippen LogP contribution >= 0.6 is 0 Å². The van der Waals surface area contributed by atoms with E-state index in [-0.39, 0.29) is 24.7 Å². The molecule has 6 rings (SSSR count). The summed E-state index contributed by atoms with van der Waals surface area (Å²) in [5, 5.41) is 13.0. The number of halogens is 1. The van der Waals surface area contributed by atoms with Gasteiger partial charge >= 0.3 is 0 Å². The lowest BCUT2D eigenvalue weighted by Gasteiger charge is -2.26. The van der Waals surface area contributed by atoms with E-state index in [1.807, 2.05) is 50.2 Å². The summed E-state index contributed by atoms with van der Waals surface area (Å²) in [4.78, 5) is 35.9. The molecule has 2 aromatic heterocycles. The Balaban J connectivity index is 1.28. The van der Waals surface area contributed by atoms with Crippen LogP contribution in [0.3, 0.4) is 0 Å². The molecule has 42 heavy (non-hydrogen) atoms. The summed E-state index contributed by atoms with van der Waals surface area (Å²) in [5.41, 5.74) is 7.27. The summed E-state index contributed by atoms with van der Waals surface area (Å²) >= 11 is 0. The molecule has 0 bridgehead atoms. The van der Waals surface area contributed by atoms with Gasteiger partial charge in [-0.15, -0.1) is 0 Å². The molecule has 2 aromatic carbocycles. The maximum Gasteiger partial charge on any atom is 0.258 e. The third-order valence-electron chi connectivity index (χ3n) is 8.39. The van der Waals surface area contributed by atoms with E-state index in [1.165, 1.54) is 0 Å². The second-order valence-electron chi connectivity index (χ2n) is 11.5. The van der Waals surface area contributed by atoms with Gasteiger partial charge in [-0.1, -0.05) is 37.6 Å². The maximum atomic E-state index is 14.8. The zero-order valence-corrected chi connectivity index (χ0v) is 24.1. The van der Waals surface area contributed by atoms with E-state index < -0.39 is 17.6 Å². The Bertz CT molecular complexity index is 1620. The standard InChI is InChI=1S/C33H35FN6O2/c1-4-5-25-17-35-18-28(36-25)23-7-6-21-10-13-26(27(21)16-23)30(38-32(42)33(34)14-15-33)31(41)37-24-11-8-22(9-12-24)29-19(2)39-40-20(29)3/h6-9,11-12,16-18,26,30H,4-5,10,13-15H2,1-3H3,(H,37,41)(H,38,42)(H,39,40)/t26-,30?/m1/s1. The highest BCUT2D eigenvalue weighted by atomic mass is 19.1. The first-order valence-corrected chi connectivity index (χ1v) is 14.6. The molecular weight excluding hydrogens is 531 g/mol. The molecule has 0 aliphatic heterocycles. The number of nitrogens with zero attached hydrogens (tertiary/aromatic N) is 3. The topological polar surface area (TPSA) is 113 Å². The van der Waals surface area contributed by atoms with Gasteiger partial charge in [0, 0.05) is 34.6 Å². The summed E-state index contributed by atoms with van der Waals surface area (Å²) in [5.74, 6) is -1.40. The number of alkyl halides is 1. The highest BCUT2D eigenvalue weighted by molar-refractivity contribution is 6.00. The number of nitrogens with one attached hydrogen (secondary N) is 3. The second kappa shape index (κ2) is 11.1. The van der Waals surface area contributed by atoms with Crippen molar-refractivity contribution in [3.8, 4) is 22.4 Å². The molecule has 1 unspecified atom stereocenters. The molecule has 0 radical (unpaired) electrons. The van der Waals surface area contributed by atoms with Crippen molar-refractivity contribution >= 4 is 17.5 Å². The third kappa shape index (κ3) is 5.43. The van der Waals surface area contributed by atoms with Crippen molar-refractivity contribution in [1.82, 2.24) is 25.5 Å². The number of hydrogen-bond donors (Lipinski definition) is 3. The Hall–Kier alpha value is -4.40. The molecular formula is C33H35FN6O2. The van der Waals surface area contributed by atoms with Crippen LogP contribution in [0.5, 0.6) is 0 Å². The third-order valence-corrected chi connectivity index (χ3v) is 8.39. The largest absolute Gasteiger partial charge is 0.341 e. The van der Waals surface area contributed by atoms with Crippen LogP contribution in [-0.2, 0) is 22.4 Å². The Morgan fingerprint density at radius 2 is 1.86 bits per heavy atom. The molecule has 8 nitrogen and oxygen atoms in total. The van der Waals surface area contributed by atoms with Gasteiger partial charge in [-0.25, -0.2) is 9.37 Å². The molecule has 2 atom stereocenters. The van der Waals surface area contributed by atoms with Gasteiger partial charge in [0.05, 0.1) is 23.3 Å². The predicted molar refractivity (Wildman–Crippen MR) is 160 cm³/mol. The van der Waals surface area contributed by atoms with Gasteiger partial charge in [-0.2, -0.15) is 5.10 Å². The molecule has 9 heteroatoms. The van der Waals surface area contributed by atoms with E-state index >= 15 is 0 Å². The predicted octanol–water partition coefficient (Wildman–Crippen LogP) is 5.76. The van der Waals surface area contributed by atoms with Crippen molar-refractivity contribution in [2.45, 2.75) is 76.9 Å². The number of amides is 2. The average molecular weight is 567 g/mol. The fourth-order valence-corrected chi connectivity index (χ4v) is 5.93. The van der Waals surface area contributed by atoms with Crippen LogP contribution in [0.25, 0.3) is 22.4 Å². The van der Waals surface area contributed by atoms with Crippen LogP contribution in [0, 0.1) is 13.8 Å². The molecule has 1 fully saturated rings. The molecule has 1 saturated carbocycles. The van der Waals surface area contributed by atoms with Crippen molar-refractivity contribution in [2.75, 3.05) is 5.32 Å². The molecule has 0 spiro atoms. The molecule has 2 amide bonds. The minimum absolute atomic E-state index is 0.180. The summed E-state index contributed by atoms with van der Waals surface area (Å²) in [6.07, 6.45) is 7.13. The van der Waals surface area contributed by atoms with Crippen molar-refractivity contribution in [3.63, 3.8) is 0 Å². The number of anilines is 1. The number of aromatic nitrogens is 4. The molecule has 216 valence electrons. The fraction of sp³-hybridized carbons (Fsp3) is 0.364. The summed E-state index contributed by atoms with van der Waals surface area (Å²) < 4.78 is 14.8. The zero-order valence-electron chi connectivity index (χ0n) is 24.1. The molecule has 2 aliphatic carbocycles. The number of carbonyl (C=O) groups is 2. The van der Waals surface area contributed by atoms with Crippen molar-refractivity contribution < 1.29 is 14.0 Å². The van der Waals surface area contributed by atoms with E-state index in [1.54, 1.807) is 12.4 Å². The monoisotopic (exact) mass is 566 g/mol. The number of carbonyl (C=O) groups excluding carboxylic acids is 2. The van der Waals surface area contributed by atoms with Crippen LogP contribution in [0.15, 0.2) is 54.9 Å². The maximum absolute atomic E-state index is 14.8. The van der Waals surface area contributed by atoms with Gasteiger partial charge in [0.15, 0.2) is 5.67 Å². The van der Waals surface area contributed by atoms with Crippen molar-refractivity contribution in [1.29, 1.82) is 0 Å². The minimum Gasteiger partial charge on any atom is -0.341 e. The number of hydrogen-bond acceptors (Lipinski definition) is 5. The highest BCUT2D eigenvalue weighted by Crippen LogP contribution is 2.42. The quantitative estimate of drug-likeness (QED) is 0.239. The van der Waals surface area contributed by atoms with Crippen molar-refractivity contribution in [2.24, 2.45) is 0 Å². The number of rotatable bonds is 9. The van der Waals surface area contributed by atoms with Gasteiger partial charge in [-0.3, -0.25) is 19.7 Å². The Morgan fingerprint density at radius 3 is 2.55 bits per heavy atom.